The van der Waals surface area contributed by atoms with E-state index in [0.29, 0.717) is 43.0 Å². The first kappa shape index (κ1) is 20.5. The van der Waals surface area contributed by atoms with E-state index in [1.807, 2.05) is 42.5 Å². The molecule has 156 valence electrons. The molecule has 0 bridgehead atoms. The lowest BCUT2D eigenvalue weighted by Gasteiger charge is -2.07. The topological polar surface area (TPSA) is 108 Å². The Balaban J connectivity index is 1.49. The number of hydrogen-bond donors (Lipinski definition) is 2. The van der Waals surface area contributed by atoms with Crippen molar-refractivity contribution in [3.63, 3.8) is 0 Å². The van der Waals surface area contributed by atoms with Gasteiger partial charge in [0.05, 0.1) is 12.9 Å². The van der Waals surface area contributed by atoms with Crippen molar-refractivity contribution in [1.29, 1.82) is 0 Å². The first-order valence-corrected chi connectivity index (χ1v) is 11.0. The Bertz CT molecular complexity index is 1160. The van der Waals surface area contributed by atoms with Crippen LogP contribution in [-0.2, 0) is 30.8 Å². The predicted molar refractivity (Wildman–Crippen MR) is 113 cm³/mol. The van der Waals surface area contributed by atoms with Crippen molar-refractivity contribution in [1.82, 2.24) is 24.2 Å². The quantitative estimate of drug-likeness (QED) is 0.303. The van der Waals surface area contributed by atoms with Crippen LogP contribution in [0.25, 0.3) is 11.2 Å². The molecule has 0 fully saturated rings. The highest BCUT2D eigenvalue weighted by molar-refractivity contribution is 7.77. The molecule has 11 heteroatoms. The number of nitrogens with zero attached hydrogens (tertiary/aromatic N) is 4. The van der Waals surface area contributed by atoms with Crippen LogP contribution in [0, 0.1) is 6.08 Å². The number of benzene rings is 1. The molecule has 4 rings (SSSR count). The largest absolute Gasteiger partial charge is 0.760 e. The zero-order chi connectivity index (χ0) is 20.9. The summed E-state index contributed by atoms with van der Waals surface area (Å²) in [5, 5.41) is 3.14. The van der Waals surface area contributed by atoms with Gasteiger partial charge in [0, 0.05) is 34.1 Å². The highest BCUT2D eigenvalue weighted by Crippen LogP contribution is 2.23. The van der Waals surface area contributed by atoms with E-state index in [0.717, 1.165) is 15.3 Å². The molecule has 0 aliphatic heterocycles. The minimum atomic E-state index is -2.26. The van der Waals surface area contributed by atoms with E-state index < -0.39 is 17.3 Å². The number of aromatic nitrogens is 4. The fraction of sp³-hybridized carbons (Fsp3) is 0.211. The van der Waals surface area contributed by atoms with Gasteiger partial charge in [-0.05, 0) is 24.1 Å². The number of imidazole rings is 1. The number of anilines is 1. The van der Waals surface area contributed by atoms with Gasteiger partial charge in [0.2, 0.25) is 0 Å². The Morgan fingerprint density at radius 3 is 2.73 bits per heavy atom. The maximum Gasteiger partial charge on any atom is 0.312 e. The van der Waals surface area contributed by atoms with Gasteiger partial charge in [-0.3, -0.25) is 4.21 Å². The van der Waals surface area contributed by atoms with Crippen LogP contribution >= 0.6 is 11.3 Å². The Kier molecular flexibility index (Phi) is 6.43. The molecule has 2 N–H and O–H groups in total. The van der Waals surface area contributed by atoms with E-state index in [1.165, 1.54) is 0 Å². The zero-order valence-electron chi connectivity index (χ0n) is 15.7. The maximum atomic E-state index is 14.1. The predicted octanol–water partition coefficient (Wildman–Crippen LogP) is 2.61. The molecule has 0 aliphatic carbocycles. The molecular weight excluding hydrogens is 427 g/mol. The van der Waals surface area contributed by atoms with Gasteiger partial charge >= 0.3 is 6.08 Å². The molecule has 0 radical (unpaired) electrons. The van der Waals surface area contributed by atoms with Crippen molar-refractivity contribution in [3.05, 3.63) is 70.2 Å². The third kappa shape index (κ3) is 5.05. The second kappa shape index (κ2) is 9.39. The van der Waals surface area contributed by atoms with Crippen LogP contribution in [0.2, 0.25) is 0 Å². The van der Waals surface area contributed by atoms with Crippen molar-refractivity contribution >= 4 is 39.6 Å². The van der Waals surface area contributed by atoms with Crippen LogP contribution < -0.4 is 10.0 Å². The molecule has 0 saturated heterocycles. The van der Waals surface area contributed by atoms with E-state index in [9.17, 15) is 13.2 Å². The van der Waals surface area contributed by atoms with Gasteiger partial charge in [-0.25, -0.2) is 9.71 Å². The van der Waals surface area contributed by atoms with Crippen molar-refractivity contribution in [3.8, 4) is 0 Å². The van der Waals surface area contributed by atoms with Crippen molar-refractivity contribution in [2.45, 2.75) is 19.5 Å². The third-order valence-corrected chi connectivity index (χ3v) is 5.94. The second-order valence-corrected chi connectivity index (χ2v) is 8.48. The number of thiophene rings is 1. The molecule has 3 aromatic heterocycles. The molecule has 30 heavy (non-hydrogen) atoms. The van der Waals surface area contributed by atoms with E-state index in [1.54, 1.807) is 22.2 Å². The summed E-state index contributed by atoms with van der Waals surface area (Å²) in [4.78, 5) is 14.3. The Morgan fingerprint density at radius 1 is 1.13 bits per heavy atom. The Hall–Kier alpha value is -2.73. The van der Waals surface area contributed by atoms with Gasteiger partial charge in [-0.15, -0.1) is 11.3 Å². The Morgan fingerprint density at radius 2 is 1.93 bits per heavy atom. The summed E-state index contributed by atoms with van der Waals surface area (Å²) >= 11 is -0.692. The van der Waals surface area contributed by atoms with Gasteiger partial charge in [0.25, 0.3) is 0 Å². The molecule has 4 aromatic rings. The maximum absolute atomic E-state index is 14.1. The summed E-state index contributed by atoms with van der Waals surface area (Å²) in [6, 6.07) is 13.7. The van der Waals surface area contributed by atoms with Crippen LogP contribution in [0.1, 0.15) is 15.3 Å². The fourth-order valence-corrected chi connectivity index (χ4v) is 4.29. The lowest BCUT2D eigenvalue weighted by Crippen LogP contribution is -2.18. The summed E-state index contributed by atoms with van der Waals surface area (Å²) < 4.78 is 39.3. The van der Waals surface area contributed by atoms with E-state index in [-0.39, 0.29) is 0 Å². The highest BCUT2D eigenvalue weighted by Gasteiger charge is 2.14. The number of fused-ring (bicyclic) bond motifs is 1. The minimum absolute atomic E-state index is 0.346. The highest BCUT2D eigenvalue weighted by atomic mass is 32.2. The van der Waals surface area contributed by atoms with E-state index in [4.69, 9.17) is 0 Å². The van der Waals surface area contributed by atoms with Crippen molar-refractivity contribution in [2.75, 3.05) is 11.9 Å². The van der Waals surface area contributed by atoms with E-state index in [2.05, 4.69) is 25.0 Å². The van der Waals surface area contributed by atoms with Crippen LogP contribution in [0.15, 0.2) is 48.8 Å². The van der Waals surface area contributed by atoms with Crippen LogP contribution in [-0.4, -0.2) is 34.8 Å². The average molecular weight is 446 g/mol. The lowest BCUT2D eigenvalue weighted by atomic mass is 10.2. The SMILES string of the molecule is O=S([O-])NCCc1ccc(Cn2cnc3c(NCc4ccccc4)nc(F)nc32)s1. The second-order valence-electron chi connectivity index (χ2n) is 6.47. The number of halogens is 1. The van der Waals surface area contributed by atoms with Gasteiger partial charge in [-0.2, -0.15) is 14.4 Å². The third-order valence-electron chi connectivity index (χ3n) is 4.37. The zero-order valence-corrected chi connectivity index (χ0v) is 17.4. The Labute approximate surface area is 178 Å². The molecule has 1 unspecified atom stereocenters. The van der Waals surface area contributed by atoms with Crippen molar-refractivity contribution < 1.29 is 13.2 Å². The summed E-state index contributed by atoms with van der Waals surface area (Å²) in [6.45, 7) is 1.32. The molecule has 3 heterocycles. The number of hydrogen-bond acceptors (Lipinski definition) is 7. The number of nitrogens with one attached hydrogen (secondary N) is 2. The molecule has 1 aromatic carbocycles. The monoisotopic (exact) mass is 445 g/mol. The van der Waals surface area contributed by atoms with Gasteiger partial charge < -0.3 is 14.4 Å². The van der Waals surface area contributed by atoms with Crippen LogP contribution in [0.3, 0.4) is 0 Å². The van der Waals surface area contributed by atoms with Crippen molar-refractivity contribution in [2.24, 2.45) is 0 Å². The van der Waals surface area contributed by atoms with Gasteiger partial charge in [0.1, 0.15) is 0 Å². The first-order chi connectivity index (χ1) is 14.6. The molecule has 1 atom stereocenters. The van der Waals surface area contributed by atoms with Gasteiger partial charge in [-0.1, -0.05) is 30.3 Å². The first-order valence-electron chi connectivity index (χ1n) is 9.15. The molecule has 8 nitrogen and oxygen atoms in total. The smallest absolute Gasteiger partial charge is 0.312 e. The molecule has 0 spiro atoms. The van der Waals surface area contributed by atoms with Crippen LogP contribution in [0.5, 0.6) is 0 Å². The standard InChI is InChI=1S/C19H19FN6O2S2/c20-19-24-17(21-10-13-4-2-1-3-5-13)16-18(25-19)26(12-22-16)11-15-7-6-14(29-15)8-9-23-30(27)28/h1-7,12,23H,8-11H2,(H,27,28)(H,21,24,25)/p-1. The summed E-state index contributed by atoms with van der Waals surface area (Å²) in [6.07, 6.45) is 1.41. The molecule has 0 amide bonds. The summed E-state index contributed by atoms with van der Waals surface area (Å²) in [5.74, 6) is 0.351. The molecule has 0 aliphatic rings. The normalized spacial score (nSPS) is 12.3. The fourth-order valence-electron chi connectivity index (χ4n) is 3.01. The van der Waals surface area contributed by atoms with Crippen LogP contribution in [0.4, 0.5) is 10.2 Å². The summed E-state index contributed by atoms with van der Waals surface area (Å²) in [5.41, 5.74) is 1.97. The molecule has 0 saturated carbocycles. The lowest BCUT2D eigenvalue weighted by molar-refractivity contribution is 0.523. The van der Waals surface area contributed by atoms with Gasteiger partial charge in [0.15, 0.2) is 17.0 Å². The number of rotatable bonds is 9. The summed E-state index contributed by atoms with van der Waals surface area (Å²) in [7, 11) is 0. The molecular formula is C19H18FN6O2S2-. The minimum Gasteiger partial charge on any atom is -0.760 e. The van der Waals surface area contributed by atoms with E-state index >= 15 is 0 Å². The average Bonchev–Trinajstić information content (AvgIpc) is 3.34.